The molecule has 0 atom stereocenters. The number of aliphatic hydroxyl groups is 1. The monoisotopic (exact) mass is 236 g/mol. The fourth-order valence-electron chi connectivity index (χ4n) is 2.08. The van der Waals surface area contributed by atoms with Gasteiger partial charge in [0.1, 0.15) is 0 Å². The molecule has 0 radical (unpaired) electrons. The Hall–Kier alpha value is -0.900. The number of rotatable bonds is 7. The minimum absolute atomic E-state index is 0.0201. The number of β-amino-alcohol motifs (C(OH)–C–C–N with tert-alkyl or cyclic N) is 1. The maximum atomic E-state index is 8.82. The molecule has 0 spiro atoms. The van der Waals surface area contributed by atoms with E-state index in [9.17, 15) is 0 Å². The lowest BCUT2D eigenvalue weighted by atomic mass is 10.0. The molecule has 0 aliphatic carbocycles. The predicted molar refractivity (Wildman–Crippen MR) is 71.9 cm³/mol. The molecular weight excluding hydrogens is 212 g/mol. The van der Waals surface area contributed by atoms with Crippen LogP contribution in [-0.2, 0) is 6.54 Å². The summed E-state index contributed by atoms with van der Waals surface area (Å²) in [6.07, 6.45) is 0. The Bertz CT molecular complexity index is 311. The van der Waals surface area contributed by atoms with E-state index >= 15 is 0 Å². The van der Waals surface area contributed by atoms with Crippen molar-refractivity contribution >= 4 is 0 Å². The van der Waals surface area contributed by atoms with Crippen molar-refractivity contribution in [3.05, 3.63) is 35.9 Å². The van der Waals surface area contributed by atoms with Crippen molar-refractivity contribution < 1.29 is 5.11 Å². The summed E-state index contributed by atoms with van der Waals surface area (Å²) in [6, 6.07) is 10.5. The second-order valence-corrected chi connectivity index (χ2v) is 5.19. The topological polar surface area (TPSA) is 35.5 Å². The zero-order chi connectivity index (χ0) is 12.7. The number of aliphatic hydroxyl groups excluding tert-OH is 1. The van der Waals surface area contributed by atoms with Gasteiger partial charge in [-0.25, -0.2) is 0 Å². The van der Waals surface area contributed by atoms with Crippen LogP contribution in [0.5, 0.6) is 0 Å². The van der Waals surface area contributed by atoms with Crippen molar-refractivity contribution in [3.8, 4) is 0 Å². The number of nitrogens with one attached hydrogen (secondary N) is 1. The van der Waals surface area contributed by atoms with Crippen LogP contribution >= 0.6 is 0 Å². The molecule has 0 fully saturated rings. The summed E-state index contributed by atoms with van der Waals surface area (Å²) in [5.74, 6) is 0. The van der Waals surface area contributed by atoms with Crippen LogP contribution in [0.25, 0.3) is 0 Å². The van der Waals surface area contributed by atoms with E-state index in [4.69, 9.17) is 5.11 Å². The Morgan fingerprint density at radius 1 is 1.24 bits per heavy atom. The molecule has 0 bridgehead atoms. The summed E-state index contributed by atoms with van der Waals surface area (Å²) in [4.78, 5) is 2.29. The van der Waals surface area contributed by atoms with Gasteiger partial charge < -0.3 is 15.3 Å². The summed E-state index contributed by atoms with van der Waals surface area (Å²) < 4.78 is 0. The standard InChI is InChI=1S/C14H24N2O/c1-14(2,15-9-10-17)12-16(3)11-13-7-5-4-6-8-13/h4-8,15,17H,9-12H2,1-3H3. The summed E-state index contributed by atoms with van der Waals surface area (Å²) in [5, 5.41) is 12.2. The highest BCUT2D eigenvalue weighted by Gasteiger charge is 2.18. The predicted octanol–water partition coefficient (Wildman–Crippen LogP) is 1.48. The van der Waals surface area contributed by atoms with Crippen LogP contribution in [0.2, 0.25) is 0 Å². The molecule has 3 nitrogen and oxygen atoms in total. The van der Waals surface area contributed by atoms with Crippen LogP contribution in [0.1, 0.15) is 19.4 Å². The highest BCUT2D eigenvalue weighted by atomic mass is 16.3. The molecule has 17 heavy (non-hydrogen) atoms. The Labute approximate surface area is 104 Å². The van der Waals surface area contributed by atoms with Gasteiger partial charge in [-0.15, -0.1) is 0 Å². The maximum Gasteiger partial charge on any atom is 0.0556 e. The van der Waals surface area contributed by atoms with Gasteiger partial charge in [0.05, 0.1) is 6.61 Å². The van der Waals surface area contributed by atoms with E-state index in [0.29, 0.717) is 6.54 Å². The molecule has 0 aliphatic rings. The van der Waals surface area contributed by atoms with Crippen molar-refractivity contribution in [1.29, 1.82) is 0 Å². The van der Waals surface area contributed by atoms with Crippen LogP contribution in [0, 0.1) is 0 Å². The lowest BCUT2D eigenvalue weighted by Crippen LogP contribution is -2.48. The van der Waals surface area contributed by atoms with E-state index in [-0.39, 0.29) is 12.1 Å². The van der Waals surface area contributed by atoms with Crippen molar-refractivity contribution in [2.24, 2.45) is 0 Å². The zero-order valence-electron chi connectivity index (χ0n) is 11.1. The third kappa shape index (κ3) is 5.82. The van der Waals surface area contributed by atoms with Gasteiger partial charge >= 0.3 is 0 Å². The molecule has 2 N–H and O–H groups in total. The number of likely N-dealkylation sites (N-methyl/N-ethyl adjacent to an activating group) is 1. The minimum Gasteiger partial charge on any atom is -0.395 e. The first-order valence-corrected chi connectivity index (χ1v) is 6.12. The molecule has 0 aromatic heterocycles. The third-order valence-electron chi connectivity index (χ3n) is 2.68. The Morgan fingerprint density at radius 2 is 1.88 bits per heavy atom. The molecule has 1 aromatic carbocycles. The fraction of sp³-hybridized carbons (Fsp3) is 0.571. The average molecular weight is 236 g/mol. The van der Waals surface area contributed by atoms with E-state index in [1.165, 1.54) is 5.56 Å². The first-order chi connectivity index (χ1) is 8.03. The van der Waals surface area contributed by atoms with Crippen molar-refractivity contribution in [3.63, 3.8) is 0 Å². The van der Waals surface area contributed by atoms with Crippen LogP contribution < -0.4 is 5.32 Å². The molecule has 96 valence electrons. The first-order valence-electron chi connectivity index (χ1n) is 6.12. The van der Waals surface area contributed by atoms with Gasteiger partial charge in [-0.2, -0.15) is 0 Å². The van der Waals surface area contributed by atoms with Crippen LogP contribution in [-0.4, -0.2) is 42.3 Å². The zero-order valence-corrected chi connectivity index (χ0v) is 11.1. The van der Waals surface area contributed by atoms with Crippen molar-refractivity contribution in [2.75, 3.05) is 26.7 Å². The SMILES string of the molecule is CN(Cc1ccccc1)CC(C)(C)NCCO. The van der Waals surface area contributed by atoms with Gasteiger partial charge in [0, 0.05) is 25.2 Å². The molecule has 1 rings (SSSR count). The van der Waals surface area contributed by atoms with Crippen molar-refractivity contribution in [1.82, 2.24) is 10.2 Å². The second-order valence-electron chi connectivity index (χ2n) is 5.19. The van der Waals surface area contributed by atoms with E-state index in [1.54, 1.807) is 0 Å². The van der Waals surface area contributed by atoms with Gasteiger partial charge in [-0.3, -0.25) is 0 Å². The summed E-state index contributed by atoms with van der Waals surface area (Å²) in [7, 11) is 2.12. The smallest absolute Gasteiger partial charge is 0.0556 e. The Balaban J connectivity index is 2.41. The molecule has 0 heterocycles. The van der Waals surface area contributed by atoms with Crippen LogP contribution in [0.4, 0.5) is 0 Å². The molecule has 3 heteroatoms. The normalized spacial score (nSPS) is 12.1. The molecule has 0 aliphatic heterocycles. The number of hydrogen-bond acceptors (Lipinski definition) is 3. The minimum atomic E-state index is 0.0201. The van der Waals surface area contributed by atoms with Gasteiger partial charge in [-0.1, -0.05) is 30.3 Å². The molecule has 0 amide bonds. The average Bonchev–Trinajstić information content (AvgIpc) is 2.27. The lowest BCUT2D eigenvalue weighted by Gasteiger charge is -2.31. The highest BCUT2D eigenvalue weighted by molar-refractivity contribution is 5.14. The van der Waals surface area contributed by atoms with E-state index < -0.39 is 0 Å². The molecule has 0 unspecified atom stereocenters. The maximum absolute atomic E-state index is 8.82. The Kier molecular flexibility index (Phi) is 5.62. The largest absolute Gasteiger partial charge is 0.395 e. The molecule has 0 saturated heterocycles. The summed E-state index contributed by atoms with van der Waals surface area (Å²) >= 11 is 0. The molecule has 0 saturated carbocycles. The fourth-order valence-corrected chi connectivity index (χ4v) is 2.08. The third-order valence-corrected chi connectivity index (χ3v) is 2.68. The van der Waals surface area contributed by atoms with Gasteiger partial charge in [0.2, 0.25) is 0 Å². The number of hydrogen-bond donors (Lipinski definition) is 2. The second kappa shape index (κ2) is 6.74. The van der Waals surface area contributed by atoms with Crippen LogP contribution in [0.3, 0.4) is 0 Å². The Morgan fingerprint density at radius 3 is 2.47 bits per heavy atom. The van der Waals surface area contributed by atoms with Gasteiger partial charge in [-0.05, 0) is 26.5 Å². The quantitative estimate of drug-likeness (QED) is 0.753. The highest BCUT2D eigenvalue weighted by Crippen LogP contribution is 2.08. The van der Waals surface area contributed by atoms with Crippen LogP contribution in [0.15, 0.2) is 30.3 Å². The van der Waals surface area contributed by atoms with E-state index in [2.05, 4.69) is 55.4 Å². The number of benzene rings is 1. The number of nitrogens with zero attached hydrogens (tertiary/aromatic N) is 1. The van der Waals surface area contributed by atoms with E-state index in [0.717, 1.165) is 13.1 Å². The summed E-state index contributed by atoms with van der Waals surface area (Å²) in [6.45, 7) is 7.04. The van der Waals surface area contributed by atoms with E-state index in [1.807, 2.05) is 6.07 Å². The first kappa shape index (κ1) is 14.2. The van der Waals surface area contributed by atoms with Gasteiger partial charge in [0.15, 0.2) is 0 Å². The molecular formula is C14H24N2O. The van der Waals surface area contributed by atoms with Gasteiger partial charge in [0.25, 0.3) is 0 Å². The lowest BCUT2D eigenvalue weighted by molar-refractivity contribution is 0.210. The summed E-state index contributed by atoms with van der Waals surface area (Å²) in [5.41, 5.74) is 1.35. The molecule has 1 aromatic rings. The van der Waals surface area contributed by atoms with Crippen molar-refractivity contribution in [2.45, 2.75) is 25.9 Å².